The molecule has 3 amide bonds. The van der Waals surface area contributed by atoms with Crippen molar-refractivity contribution in [1.82, 2.24) is 16.0 Å². The number of hydrogen-bond donors (Lipinski definition) is 3. The first-order chi connectivity index (χ1) is 27.7. The van der Waals surface area contributed by atoms with Crippen LogP contribution in [0.5, 0.6) is 11.5 Å². The van der Waals surface area contributed by atoms with Crippen molar-refractivity contribution in [3.05, 3.63) is 70.8 Å². The molecule has 0 atom stereocenters. The molecule has 3 rings (SSSR count). The van der Waals surface area contributed by atoms with Crippen LogP contribution in [0.3, 0.4) is 0 Å². The van der Waals surface area contributed by atoms with Gasteiger partial charge in [-0.15, -0.1) is 0 Å². The Morgan fingerprint density at radius 1 is 0.474 bits per heavy atom. The third kappa shape index (κ3) is 17.6. The first-order valence-electron chi connectivity index (χ1n) is 19.4. The predicted octanol–water partition coefficient (Wildman–Crippen LogP) is 4.32. The minimum Gasteiger partial charge on any atom is -0.494 e. The Balaban J connectivity index is 1.56. The molecule has 14 nitrogen and oxygen atoms in total. The van der Waals surface area contributed by atoms with Gasteiger partial charge in [0.05, 0.1) is 72.7 Å². The number of aryl methyl sites for hydroxylation is 2. The highest BCUT2D eigenvalue weighted by Crippen LogP contribution is 2.40. The lowest BCUT2D eigenvalue weighted by atomic mass is 9.88. The molecule has 3 N–H and O–H groups in total. The SMILES string of the molecule is CNC(=O)CCCOc1cc(-c2cc(COCC(=O)NC)ccc2C)c(C)c(-c2cc(OCCOCCOCCOCCOCCOCC(=O)NC)ccc2C)c1. The van der Waals surface area contributed by atoms with Crippen LogP contribution in [0, 0.1) is 20.8 Å². The van der Waals surface area contributed by atoms with E-state index in [9.17, 15) is 14.4 Å². The first-order valence-corrected chi connectivity index (χ1v) is 19.4. The molecule has 0 saturated carbocycles. The van der Waals surface area contributed by atoms with Crippen molar-refractivity contribution >= 4 is 17.7 Å². The molecule has 3 aromatic rings. The minimum absolute atomic E-state index is 0.0168. The lowest BCUT2D eigenvalue weighted by Crippen LogP contribution is -2.24. The Morgan fingerprint density at radius 3 is 1.49 bits per heavy atom. The molecule has 0 heterocycles. The molecule has 0 unspecified atom stereocenters. The molecule has 0 saturated heterocycles. The van der Waals surface area contributed by atoms with Crippen LogP contribution < -0.4 is 25.4 Å². The molecule has 0 aliphatic rings. The number of carbonyl (C=O) groups excluding carboxylic acids is 3. The van der Waals surface area contributed by atoms with E-state index in [4.69, 9.17) is 37.9 Å². The Morgan fingerprint density at radius 2 is 0.930 bits per heavy atom. The zero-order valence-electron chi connectivity index (χ0n) is 34.4. The summed E-state index contributed by atoms with van der Waals surface area (Å²) in [5, 5.41) is 7.72. The van der Waals surface area contributed by atoms with Gasteiger partial charge in [0.15, 0.2) is 0 Å². The monoisotopic (exact) mass is 795 g/mol. The average Bonchev–Trinajstić information content (AvgIpc) is 3.22. The van der Waals surface area contributed by atoms with Crippen molar-refractivity contribution in [2.24, 2.45) is 0 Å². The summed E-state index contributed by atoms with van der Waals surface area (Å²) in [6.07, 6.45) is 0.958. The standard InChI is InChI=1S/C43H61N3O11/c1-31-9-11-34(28-55-30-43(49)46-6)24-37(31)39-26-36(56-13-7-8-41(47)44-4)27-40(33(39)3)38-25-35(12-10-32(38)2)57-23-22-53-19-18-51-15-14-50-16-17-52-20-21-54-29-42(48)45-5/h9-12,24-27H,7-8,13-23,28-30H2,1-6H3,(H,44,47)(H,45,48)(H,46,49). The molecule has 0 aliphatic carbocycles. The number of amides is 3. The second-order valence-corrected chi connectivity index (χ2v) is 13.1. The normalized spacial score (nSPS) is 11.0. The molecule has 14 heteroatoms. The quantitative estimate of drug-likeness (QED) is 0.0859. The van der Waals surface area contributed by atoms with Gasteiger partial charge >= 0.3 is 0 Å². The van der Waals surface area contributed by atoms with Gasteiger partial charge in [0.2, 0.25) is 17.7 Å². The second-order valence-electron chi connectivity index (χ2n) is 13.1. The summed E-state index contributed by atoms with van der Waals surface area (Å²) in [6, 6.07) is 16.3. The Labute approximate surface area is 337 Å². The van der Waals surface area contributed by atoms with Crippen LogP contribution in [0.4, 0.5) is 0 Å². The van der Waals surface area contributed by atoms with Gasteiger partial charge in [0, 0.05) is 27.6 Å². The fourth-order valence-corrected chi connectivity index (χ4v) is 5.58. The van der Waals surface area contributed by atoms with E-state index in [0.29, 0.717) is 97.9 Å². The van der Waals surface area contributed by atoms with Gasteiger partial charge in [-0.1, -0.05) is 18.2 Å². The van der Waals surface area contributed by atoms with Gasteiger partial charge in [0.25, 0.3) is 0 Å². The summed E-state index contributed by atoms with van der Waals surface area (Å²) in [5.74, 6) is 1.04. The molecule has 0 aromatic heterocycles. The van der Waals surface area contributed by atoms with Crippen molar-refractivity contribution in [3.63, 3.8) is 0 Å². The number of nitrogens with one attached hydrogen (secondary N) is 3. The van der Waals surface area contributed by atoms with Crippen LogP contribution in [0.15, 0.2) is 48.5 Å². The lowest BCUT2D eigenvalue weighted by Gasteiger charge is -2.19. The lowest BCUT2D eigenvalue weighted by molar-refractivity contribution is -0.126. The van der Waals surface area contributed by atoms with Crippen molar-refractivity contribution in [1.29, 1.82) is 0 Å². The highest BCUT2D eigenvalue weighted by molar-refractivity contribution is 5.83. The fourth-order valence-electron chi connectivity index (χ4n) is 5.58. The highest BCUT2D eigenvalue weighted by atomic mass is 16.6. The van der Waals surface area contributed by atoms with Crippen LogP contribution in [-0.2, 0) is 49.4 Å². The van der Waals surface area contributed by atoms with Gasteiger partial charge in [-0.05, 0) is 102 Å². The maximum absolute atomic E-state index is 11.8. The molecule has 0 aliphatic heterocycles. The molecule has 57 heavy (non-hydrogen) atoms. The summed E-state index contributed by atoms with van der Waals surface area (Å²) >= 11 is 0. The largest absolute Gasteiger partial charge is 0.494 e. The molecular weight excluding hydrogens is 734 g/mol. The topological polar surface area (TPSA) is 161 Å². The Hall–Kier alpha value is -4.57. The van der Waals surface area contributed by atoms with Crippen molar-refractivity contribution in [2.45, 2.75) is 40.2 Å². The maximum Gasteiger partial charge on any atom is 0.245 e. The van der Waals surface area contributed by atoms with E-state index in [2.05, 4.69) is 48.9 Å². The van der Waals surface area contributed by atoms with Crippen LogP contribution in [0.1, 0.15) is 35.1 Å². The average molecular weight is 796 g/mol. The van der Waals surface area contributed by atoms with Crippen LogP contribution >= 0.6 is 0 Å². The number of rotatable bonds is 29. The molecule has 0 radical (unpaired) electrons. The van der Waals surface area contributed by atoms with E-state index < -0.39 is 0 Å². The Bertz CT molecular complexity index is 1680. The number of likely N-dealkylation sites (N-methyl/N-ethyl adjacent to an activating group) is 2. The number of carbonyl (C=O) groups is 3. The summed E-state index contributed by atoms with van der Waals surface area (Å²) in [5.41, 5.74) is 8.25. The summed E-state index contributed by atoms with van der Waals surface area (Å²) in [7, 11) is 4.78. The third-order valence-corrected chi connectivity index (χ3v) is 8.85. The Kier molecular flexibility index (Phi) is 22.3. The van der Waals surface area contributed by atoms with E-state index in [0.717, 1.165) is 50.3 Å². The van der Waals surface area contributed by atoms with Crippen molar-refractivity contribution in [3.8, 4) is 33.8 Å². The van der Waals surface area contributed by atoms with Gasteiger partial charge in [-0.2, -0.15) is 0 Å². The van der Waals surface area contributed by atoms with E-state index in [-0.39, 0.29) is 30.9 Å². The molecular formula is C43H61N3O11. The molecule has 3 aromatic carbocycles. The minimum atomic E-state index is -0.179. The van der Waals surface area contributed by atoms with Gasteiger partial charge in [-0.25, -0.2) is 0 Å². The van der Waals surface area contributed by atoms with Crippen LogP contribution in [-0.4, -0.2) is 125 Å². The highest BCUT2D eigenvalue weighted by Gasteiger charge is 2.17. The second kappa shape index (κ2) is 27.1. The summed E-state index contributed by atoms with van der Waals surface area (Å²) in [4.78, 5) is 34.6. The maximum atomic E-state index is 11.8. The van der Waals surface area contributed by atoms with Crippen molar-refractivity contribution < 1.29 is 52.3 Å². The zero-order chi connectivity index (χ0) is 41.3. The number of benzene rings is 3. The molecule has 0 spiro atoms. The molecule has 0 fully saturated rings. The first kappa shape index (κ1) is 46.8. The zero-order valence-corrected chi connectivity index (χ0v) is 34.4. The van der Waals surface area contributed by atoms with Gasteiger partial charge in [-0.3, -0.25) is 14.4 Å². The van der Waals surface area contributed by atoms with Gasteiger partial charge in [0.1, 0.15) is 31.3 Å². The number of hydrogen-bond acceptors (Lipinski definition) is 11. The summed E-state index contributed by atoms with van der Waals surface area (Å²) in [6.45, 7) is 11.1. The smallest absolute Gasteiger partial charge is 0.245 e. The van der Waals surface area contributed by atoms with Crippen LogP contribution in [0.2, 0.25) is 0 Å². The van der Waals surface area contributed by atoms with Crippen molar-refractivity contribution in [2.75, 3.05) is 107 Å². The predicted molar refractivity (Wildman–Crippen MR) is 218 cm³/mol. The van der Waals surface area contributed by atoms with E-state index in [1.54, 1.807) is 21.1 Å². The third-order valence-electron chi connectivity index (χ3n) is 8.85. The molecule has 0 bridgehead atoms. The van der Waals surface area contributed by atoms with E-state index in [1.807, 2.05) is 36.4 Å². The van der Waals surface area contributed by atoms with E-state index >= 15 is 0 Å². The summed E-state index contributed by atoms with van der Waals surface area (Å²) < 4.78 is 45.4. The van der Waals surface area contributed by atoms with E-state index in [1.165, 1.54) is 0 Å². The number of ether oxygens (including phenoxy) is 8. The fraction of sp³-hybridized carbons (Fsp3) is 0.512. The molecule has 314 valence electrons. The van der Waals surface area contributed by atoms with Gasteiger partial charge < -0.3 is 53.8 Å². The van der Waals surface area contributed by atoms with Crippen LogP contribution in [0.25, 0.3) is 22.3 Å².